The molecule has 1 saturated carbocycles. The molecule has 15 nitrogen and oxygen atoms in total. The van der Waals surface area contributed by atoms with Crippen molar-refractivity contribution in [3.05, 3.63) is 117 Å². The van der Waals surface area contributed by atoms with E-state index in [0.717, 1.165) is 50.1 Å². The molecule has 0 aliphatic heterocycles. The van der Waals surface area contributed by atoms with Gasteiger partial charge in [0.25, 0.3) is 15.9 Å². The molecule has 64 heavy (non-hydrogen) atoms. The van der Waals surface area contributed by atoms with E-state index >= 15 is 0 Å². The number of sulfonamides is 1. The van der Waals surface area contributed by atoms with Gasteiger partial charge in [-0.2, -0.15) is 10.4 Å². The number of carbonyl (C=O) groups excluding carboxylic acids is 1. The third kappa shape index (κ3) is 9.76. The van der Waals surface area contributed by atoms with Crippen molar-refractivity contribution in [2.45, 2.75) is 70.6 Å². The summed E-state index contributed by atoms with van der Waals surface area (Å²) in [4.78, 5) is 32.8. The van der Waals surface area contributed by atoms with Gasteiger partial charge in [-0.05, 0) is 129 Å². The first-order chi connectivity index (χ1) is 30.6. The molecule has 3 aromatic carbocycles. The van der Waals surface area contributed by atoms with Crippen LogP contribution in [-0.2, 0) is 10.0 Å². The first-order valence-corrected chi connectivity index (χ1v) is 23.2. The van der Waals surface area contributed by atoms with Crippen LogP contribution < -0.4 is 20.1 Å². The molecule has 0 radical (unpaired) electrons. The van der Waals surface area contributed by atoms with Crippen LogP contribution in [0.1, 0.15) is 81.6 Å². The zero-order valence-electron chi connectivity index (χ0n) is 35.9. The van der Waals surface area contributed by atoms with Crippen molar-refractivity contribution in [2.75, 3.05) is 31.6 Å². The van der Waals surface area contributed by atoms with Gasteiger partial charge in [0.1, 0.15) is 11.2 Å². The summed E-state index contributed by atoms with van der Waals surface area (Å²) in [5.41, 5.74) is 5.92. The van der Waals surface area contributed by atoms with E-state index in [1.807, 2.05) is 31.2 Å². The number of hydrogen-bond donors (Lipinski definition) is 4. The van der Waals surface area contributed by atoms with Gasteiger partial charge in [-0.25, -0.2) is 22.8 Å². The van der Waals surface area contributed by atoms with Crippen molar-refractivity contribution in [1.29, 1.82) is 5.26 Å². The average Bonchev–Trinajstić information content (AvgIpc) is 3.92. The summed E-state index contributed by atoms with van der Waals surface area (Å²) in [6.45, 7) is 8.63. The number of fused-ring (bicyclic) bond motifs is 2. The van der Waals surface area contributed by atoms with E-state index in [9.17, 15) is 28.6 Å². The van der Waals surface area contributed by atoms with Gasteiger partial charge < -0.3 is 20.4 Å². The number of aromatic nitrogens is 4. The molecular formula is C47H50ClN9O6S. The summed E-state index contributed by atoms with van der Waals surface area (Å²) in [5.74, 6) is -0.953. The standard InChI is InChI=1S/C47H50ClN9O6S/c1-46(2)16-14-33(38(25-46)31-4-6-34(48)7-5-31)26-50-20-21-51-35-8-10-37(40(23-35)56-41-22-32-15-19-52-44(32)54-39(41)27-53-56)45(58)55-64(61,62)36-9-11-43(42(24-36)57(59)60)63-28-30-12-17-47(3,29-49)18-13-30/h4-11,15,19,22-24,27,30,50-51H,12-14,16-18,20-21,25-26,28H2,1-3H3,(H,52,54)(H,55,58). The molecule has 1 amide bonds. The van der Waals surface area contributed by atoms with Crippen LogP contribution >= 0.6 is 11.6 Å². The van der Waals surface area contributed by atoms with E-state index in [1.54, 1.807) is 29.2 Å². The monoisotopic (exact) mass is 903 g/mol. The van der Waals surface area contributed by atoms with Crippen molar-refractivity contribution >= 4 is 66.5 Å². The van der Waals surface area contributed by atoms with Gasteiger partial charge in [0.05, 0.1) is 50.9 Å². The molecule has 8 rings (SSSR count). The number of nitro groups is 1. The average molecular weight is 904 g/mol. The molecule has 332 valence electrons. The minimum absolute atomic E-state index is 0.0114. The summed E-state index contributed by atoms with van der Waals surface area (Å²) in [6, 6.07) is 22.4. The number of allylic oxidation sites excluding steroid dienone is 1. The lowest BCUT2D eigenvalue weighted by molar-refractivity contribution is -0.386. The van der Waals surface area contributed by atoms with Gasteiger partial charge in [0, 0.05) is 48.0 Å². The van der Waals surface area contributed by atoms with Crippen LogP contribution in [0.15, 0.2) is 95.7 Å². The molecule has 3 aromatic heterocycles. The Balaban J connectivity index is 1.000. The number of aromatic amines is 1. The van der Waals surface area contributed by atoms with Gasteiger partial charge >= 0.3 is 5.69 Å². The molecule has 1 fully saturated rings. The number of rotatable bonds is 15. The molecule has 0 spiro atoms. The van der Waals surface area contributed by atoms with Gasteiger partial charge in [-0.1, -0.05) is 43.2 Å². The molecule has 0 unspecified atom stereocenters. The van der Waals surface area contributed by atoms with E-state index in [2.05, 4.69) is 62.5 Å². The lowest BCUT2D eigenvalue weighted by atomic mass is 9.72. The van der Waals surface area contributed by atoms with Crippen LogP contribution in [0.3, 0.4) is 0 Å². The number of benzene rings is 3. The molecule has 4 N–H and O–H groups in total. The van der Waals surface area contributed by atoms with E-state index < -0.39 is 36.9 Å². The number of halogens is 1. The largest absolute Gasteiger partial charge is 0.487 e. The first-order valence-electron chi connectivity index (χ1n) is 21.4. The predicted octanol–water partition coefficient (Wildman–Crippen LogP) is 9.35. The van der Waals surface area contributed by atoms with Crippen molar-refractivity contribution < 1.29 is 22.9 Å². The Morgan fingerprint density at radius 1 is 1.05 bits per heavy atom. The van der Waals surface area contributed by atoms with Crippen LogP contribution in [-0.4, -0.2) is 65.2 Å². The van der Waals surface area contributed by atoms with Crippen LogP contribution in [0, 0.1) is 38.2 Å². The molecule has 2 aliphatic rings. The zero-order valence-corrected chi connectivity index (χ0v) is 37.5. The predicted molar refractivity (Wildman–Crippen MR) is 247 cm³/mol. The number of pyridine rings is 1. The Morgan fingerprint density at radius 3 is 2.58 bits per heavy atom. The number of nitrogens with zero attached hydrogens (tertiary/aromatic N) is 5. The molecule has 2 aliphatic carbocycles. The molecule has 0 saturated heterocycles. The Hall–Kier alpha value is -6.28. The van der Waals surface area contributed by atoms with Gasteiger partial charge in [0.15, 0.2) is 5.75 Å². The Kier molecular flexibility index (Phi) is 12.5. The highest BCUT2D eigenvalue weighted by molar-refractivity contribution is 7.90. The summed E-state index contributed by atoms with van der Waals surface area (Å²) < 4.78 is 37.0. The number of nitriles is 1. The van der Waals surface area contributed by atoms with Crippen LogP contribution in [0.25, 0.3) is 33.3 Å². The second-order valence-electron chi connectivity index (χ2n) is 17.9. The Morgan fingerprint density at radius 2 is 1.83 bits per heavy atom. The van der Waals surface area contributed by atoms with E-state index in [0.29, 0.717) is 53.3 Å². The van der Waals surface area contributed by atoms with Crippen LogP contribution in [0.4, 0.5) is 11.4 Å². The van der Waals surface area contributed by atoms with Crippen LogP contribution in [0.2, 0.25) is 5.02 Å². The fourth-order valence-electron chi connectivity index (χ4n) is 8.61. The summed E-state index contributed by atoms with van der Waals surface area (Å²) in [6.07, 6.45) is 9.28. The molecule has 17 heteroatoms. The third-order valence-corrected chi connectivity index (χ3v) is 14.1. The number of anilines is 1. The summed E-state index contributed by atoms with van der Waals surface area (Å²) in [7, 11) is -4.62. The SMILES string of the molecule is CC1(C)CCC(CNCCNc2ccc(C(=O)NS(=O)(=O)c3ccc(OCC4CCC(C)(C#N)CC4)c([N+](=O)[O-])c3)c(-n3ncc4nc5[nH]ccc5cc43)c2)=C(c2ccc(Cl)cc2)C1. The normalized spacial score (nSPS) is 18.8. The number of ether oxygens (including phenoxy) is 1. The Labute approximate surface area is 376 Å². The second-order valence-corrected chi connectivity index (χ2v) is 20.0. The third-order valence-electron chi connectivity index (χ3n) is 12.5. The molecule has 0 bridgehead atoms. The highest BCUT2D eigenvalue weighted by Gasteiger charge is 2.33. The number of amides is 1. The number of nitrogens with one attached hydrogen (secondary N) is 4. The van der Waals surface area contributed by atoms with E-state index in [-0.39, 0.29) is 34.9 Å². The second kappa shape index (κ2) is 18.1. The summed E-state index contributed by atoms with van der Waals surface area (Å²) in [5, 5.41) is 34.7. The fraction of sp³-hybridized carbons (Fsp3) is 0.362. The maximum absolute atomic E-state index is 14.1. The number of nitro benzene ring substituents is 1. The van der Waals surface area contributed by atoms with Crippen molar-refractivity contribution in [3.63, 3.8) is 0 Å². The fourth-order valence-corrected chi connectivity index (χ4v) is 9.72. The lowest BCUT2D eigenvalue weighted by Gasteiger charge is -2.34. The lowest BCUT2D eigenvalue weighted by Crippen LogP contribution is -2.31. The van der Waals surface area contributed by atoms with E-state index in [4.69, 9.17) is 16.3 Å². The highest BCUT2D eigenvalue weighted by Crippen LogP contribution is 2.43. The topological polar surface area (TPSA) is 210 Å². The minimum atomic E-state index is -4.62. The van der Waals surface area contributed by atoms with Gasteiger partial charge in [0.2, 0.25) is 0 Å². The first kappa shape index (κ1) is 44.3. The zero-order chi connectivity index (χ0) is 45.2. The maximum Gasteiger partial charge on any atom is 0.312 e. The maximum atomic E-state index is 14.1. The van der Waals surface area contributed by atoms with Gasteiger partial charge in [-0.15, -0.1) is 0 Å². The smallest absolute Gasteiger partial charge is 0.312 e. The highest BCUT2D eigenvalue weighted by atomic mass is 35.5. The summed E-state index contributed by atoms with van der Waals surface area (Å²) >= 11 is 6.20. The van der Waals surface area contributed by atoms with E-state index in [1.165, 1.54) is 34.9 Å². The Bertz CT molecular complexity index is 2930. The molecule has 0 atom stereocenters. The molecule has 6 aromatic rings. The molecule has 3 heterocycles. The van der Waals surface area contributed by atoms with Gasteiger partial charge in [-0.3, -0.25) is 14.9 Å². The molecular weight excluding hydrogens is 854 g/mol. The van der Waals surface area contributed by atoms with Crippen LogP contribution in [0.5, 0.6) is 5.75 Å². The quantitative estimate of drug-likeness (QED) is 0.0433. The number of carbonyl (C=O) groups is 1. The minimum Gasteiger partial charge on any atom is -0.487 e. The number of H-pyrrole nitrogens is 1. The van der Waals surface area contributed by atoms with Crippen molar-refractivity contribution in [2.24, 2.45) is 16.7 Å². The number of hydrogen-bond acceptors (Lipinski definition) is 11. The van der Waals surface area contributed by atoms with Crippen molar-refractivity contribution in [3.8, 4) is 17.5 Å². The van der Waals surface area contributed by atoms with Crippen molar-refractivity contribution in [1.82, 2.24) is 29.8 Å².